The Bertz CT molecular complexity index is 373. The lowest BCUT2D eigenvalue weighted by Crippen LogP contribution is -2.01. The first kappa shape index (κ1) is 6.55. The summed E-state index contributed by atoms with van der Waals surface area (Å²) in [6, 6.07) is 7.58. The number of nitrogens with zero attached hydrogens (tertiary/aromatic N) is 3. The van der Waals surface area contributed by atoms with Crippen molar-refractivity contribution >= 4 is 20.5 Å². The Hall–Kier alpha value is -1.15. The number of hydrogen-bond donors (Lipinski definition) is 0. The predicted molar refractivity (Wildman–Crippen MR) is 43.8 cm³/mol. The highest BCUT2D eigenvalue weighted by Gasteiger charge is 2.00. The maximum atomic E-state index is 4.83. The maximum Gasteiger partial charge on any atom is 0.131 e. The van der Waals surface area contributed by atoms with Gasteiger partial charge in [0.1, 0.15) is 11.0 Å². The van der Waals surface area contributed by atoms with Crippen LogP contribution in [0.2, 0.25) is 0 Å². The third-order valence-corrected chi connectivity index (χ3v) is 1.62. The number of para-hydroxylation sites is 1. The minimum absolute atomic E-state index is 0.829. The second kappa shape index (κ2) is 2.47. The molecule has 4 nitrogen and oxygen atoms in total. The summed E-state index contributed by atoms with van der Waals surface area (Å²) in [6.45, 7) is 0. The van der Waals surface area contributed by atoms with Crippen LogP contribution in [0.1, 0.15) is 0 Å². The van der Waals surface area contributed by atoms with Crippen LogP contribution >= 0.6 is 9.47 Å². The molecule has 56 valence electrons. The fourth-order valence-electron chi connectivity index (χ4n) is 0.925. The third kappa shape index (κ3) is 0.955. The van der Waals surface area contributed by atoms with Crippen LogP contribution in [0, 0.1) is 0 Å². The summed E-state index contributed by atoms with van der Waals surface area (Å²) in [5, 5.41) is 7.60. The average Bonchev–Trinajstić information content (AvgIpc) is 2.47. The van der Waals surface area contributed by atoms with Crippen molar-refractivity contribution in [3.05, 3.63) is 24.3 Å². The molecule has 2 aromatic rings. The van der Waals surface area contributed by atoms with E-state index in [2.05, 4.69) is 19.8 Å². The summed E-state index contributed by atoms with van der Waals surface area (Å²) in [4.78, 5) is 1.35. The third-order valence-electron chi connectivity index (χ3n) is 1.42. The molecule has 0 aliphatic heterocycles. The van der Waals surface area contributed by atoms with Gasteiger partial charge in [0.2, 0.25) is 0 Å². The largest absolute Gasteiger partial charge is 0.383 e. The minimum Gasteiger partial charge on any atom is -0.383 e. The molecule has 1 atom stereocenters. The SMILES string of the molecule is POn1nnc2ccccc21. The first-order chi connectivity index (χ1) is 5.42. The number of hydrogen-bond acceptors (Lipinski definition) is 3. The Morgan fingerprint density at radius 2 is 2.18 bits per heavy atom. The summed E-state index contributed by atoms with van der Waals surface area (Å²) in [5.74, 6) is 0. The second-order valence-corrected chi connectivity index (χ2v) is 2.27. The van der Waals surface area contributed by atoms with E-state index in [1.54, 1.807) is 0 Å². The zero-order valence-corrected chi connectivity index (χ0v) is 6.79. The van der Waals surface area contributed by atoms with Gasteiger partial charge in [-0.05, 0) is 17.3 Å². The predicted octanol–water partition coefficient (Wildman–Crippen LogP) is 0.650. The molecule has 5 heteroatoms. The Morgan fingerprint density at radius 3 is 3.00 bits per heavy atom. The molecule has 0 radical (unpaired) electrons. The van der Waals surface area contributed by atoms with Crippen LogP contribution in [0.15, 0.2) is 24.3 Å². The van der Waals surface area contributed by atoms with Crippen LogP contribution in [0.3, 0.4) is 0 Å². The Morgan fingerprint density at radius 1 is 1.36 bits per heavy atom. The minimum atomic E-state index is 0.829. The van der Waals surface area contributed by atoms with Crippen molar-refractivity contribution in [1.29, 1.82) is 0 Å². The highest BCUT2D eigenvalue weighted by molar-refractivity contribution is 7.10. The molecular weight excluding hydrogens is 161 g/mol. The summed E-state index contributed by atoms with van der Waals surface area (Å²) in [5.41, 5.74) is 1.69. The fraction of sp³-hybridized carbons (Fsp3) is 0. The molecule has 1 aromatic carbocycles. The van der Waals surface area contributed by atoms with E-state index in [4.69, 9.17) is 4.62 Å². The van der Waals surface area contributed by atoms with E-state index in [0.717, 1.165) is 11.0 Å². The van der Waals surface area contributed by atoms with Gasteiger partial charge in [-0.1, -0.05) is 17.0 Å². The number of benzene rings is 1. The zero-order valence-electron chi connectivity index (χ0n) is 5.64. The summed E-state index contributed by atoms with van der Waals surface area (Å²) in [6.07, 6.45) is 0. The first-order valence-corrected chi connectivity index (χ1v) is 3.56. The zero-order chi connectivity index (χ0) is 7.68. The summed E-state index contributed by atoms with van der Waals surface area (Å²) >= 11 is 0. The van der Waals surface area contributed by atoms with Gasteiger partial charge in [0, 0.05) is 0 Å². The molecule has 11 heavy (non-hydrogen) atoms. The molecule has 0 saturated carbocycles. The summed E-state index contributed by atoms with van der Waals surface area (Å²) < 4.78 is 4.83. The second-order valence-electron chi connectivity index (χ2n) is 2.06. The van der Waals surface area contributed by atoms with E-state index < -0.39 is 0 Å². The summed E-state index contributed by atoms with van der Waals surface area (Å²) in [7, 11) is 2.12. The fourth-order valence-corrected chi connectivity index (χ4v) is 1.08. The van der Waals surface area contributed by atoms with Gasteiger partial charge in [-0.2, -0.15) is 0 Å². The van der Waals surface area contributed by atoms with Gasteiger partial charge in [0.25, 0.3) is 0 Å². The molecule has 0 aliphatic rings. The first-order valence-electron chi connectivity index (χ1n) is 3.09. The van der Waals surface area contributed by atoms with Crippen LogP contribution in [0.25, 0.3) is 11.0 Å². The molecule has 1 unspecified atom stereocenters. The van der Waals surface area contributed by atoms with Crippen molar-refractivity contribution in [2.75, 3.05) is 0 Å². The molecule has 0 aliphatic carbocycles. The van der Waals surface area contributed by atoms with Crippen molar-refractivity contribution in [1.82, 2.24) is 15.2 Å². The van der Waals surface area contributed by atoms with Crippen molar-refractivity contribution < 1.29 is 4.62 Å². The molecule has 0 fully saturated rings. The van der Waals surface area contributed by atoms with E-state index in [9.17, 15) is 0 Å². The van der Waals surface area contributed by atoms with Gasteiger partial charge < -0.3 is 4.62 Å². The Kier molecular flexibility index (Phi) is 1.47. The molecule has 0 spiro atoms. The lowest BCUT2D eigenvalue weighted by molar-refractivity contribution is 0.279. The lowest BCUT2D eigenvalue weighted by atomic mass is 10.3. The van der Waals surface area contributed by atoms with Gasteiger partial charge in [0.05, 0.1) is 9.47 Å². The quantitative estimate of drug-likeness (QED) is 0.585. The number of aromatic nitrogens is 3. The highest BCUT2D eigenvalue weighted by atomic mass is 31.0. The van der Waals surface area contributed by atoms with E-state index in [-0.39, 0.29) is 0 Å². The maximum absolute atomic E-state index is 4.83. The van der Waals surface area contributed by atoms with Crippen LogP contribution < -0.4 is 4.62 Å². The van der Waals surface area contributed by atoms with Crippen LogP contribution in [-0.2, 0) is 0 Å². The van der Waals surface area contributed by atoms with Gasteiger partial charge >= 0.3 is 0 Å². The van der Waals surface area contributed by atoms with Crippen molar-refractivity contribution in [2.45, 2.75) is 0 Å². The molecule has 0 saturated heterocycles. The van der Waals surface area contributed by atoms with E-state index in [1.807, 2.05) is 24.3 Å². The van der Waals surface area contributed by atoms with Gasteiger partial charge in [-0.25, -0.2) is 0 Å². The molecule has 2 rings (SSSR count). The number of rotatable bonds is 1. The highest BCUT2D eigenvalue weighted by Crippen LogP contribution is 2.08. The van der Waals surface area contributed by atoms with E-state index >= 15 is 0 Å². The average molecular weight is 167 g/mol. The topological polar surface area (TPSA) is 39.9 Å². The van der Waals surface area contributed by atoms with Gasteiger partial charge in [-0.3, -0.25) is 0 Å². The van der Waals surface area contributed by atoms with E-state index in [1.165, 1.54) is 4.85 Å². The molecule has 0 bridgehead atoms. The monoisotopic (exact) mass is 167 g/mol. The Labute approximate surface area is 65.4 Å². The number of fused-ring (bicyclic) bond motifs is 1. The Balaban J connectivity index is 2.76. The molecule has 0 N–H and O–H groups in total. The molecular formula is C6H6N3OP. The molecule has 1 aromatic heterocycles. The standard InChI is InChI=1S/C6H6N3OP/c11-10-9-6-4-2-1-3-5(6)7-8-9/h1-4H,11H2. The van der Waals surface area contributed by atoms with Gasteiger partial charge in [-0.15, -0.1) is 5.10 Å². The smallest absolute Gasteiger partial charge is 0.131 e. The van der Waals surface area contributed by atoms with Gasteiger partial charge in [0.15, 0.2) is 0 Å². The van der Waals surface area contributed by atoms with Crippen LogP contribution in [-0.4, -0.2) is 15.2 Å². The lowest BCUT2D eigenvalue weighted by Gasteiger charge is -1.94. The normalized spacial score (nSPS) is 10.3. The molecule has 1 heterocycles. The molecule has 0 amide bonds. The van der Waals surface area contributed by atoms with Crippen molar-refractivity contribution in [3.63, 3.8) is 0 Å². The van der Waals surface area contributed by atoms with Crippen LogP contribution in [0.5, 0.6) is 0 Å². The van der Waals surface area contributed by atoms with Crippen molar-refractivity contribution in [2.24, 2.45) is 0 Å². The van der Waals surface area contributed by atoms with Crippen molar-refractivity contribution in [3.8, 4) is 0 Å². The van der Waals surface area contributed by atoms with E-state index in [0.29, 0.717) is 0 Å². The van der Waals surface area contributed by atoms with Crippen LogP contribution in [0.4, 0.5) is 0 Å².